The van der Waals surface area contributed by atoms with Crippen LogP contribution in [-0.4, -0.2) is 27.4 Å². The van der Waals surface area contributed by atoms with Crippen molar-refractivity contribution in [1.29, 1.82) is 0 Å². The third kappa shape index (κ3) is 5.82. The van der Waals surface area contributed by atoms with E-state index in [2.05, 4.69) is 0 Å². The summed E-state index contributed by atoms with van der Waals surface area (Å²) in [5.41, 5.74) is 0. The molecule has 1 aliphatic rings. The maximum Gasteiger partial charge on any atom is 0.209 e. The summed E-state index contributed by atoms with van der Waals surface area (Å²) in [6, 6.07) is 0. The highest BCUT2D eigenvalue weighted by atomic mass is 32.2. The second-order valence-corrected chi connectivity index (χ2v) is 6.42. The van der Waals surface area contributed by atoms with Crippen LogP contribution in [0.2, 0.25) is 0 Å². The highest BCUT2D eigenvalue weighted by Crippen LogP contribution is 2.29. The van der Waals surface area contributed by atoms with Gasteiger partial charge in [-0.05, 0) is 18.3 Å². The van der Waals surface area contributed by atoms with Crippen molar-refractivity contribution < 1.29 is 13.2 Å². The molecule has 0 spiro atoms. The van der Waals surface area contributed by atoms with Crippen LogP contribution in [0.25, 0.3) is 0 Å². The molecule has 0 aliphatic heterocycles. The van der Waals surface area contributed by atoms with Gasteiger partial charge in [-0.25, -0.2) is 13.6 Å². The standard InChI is InChI=1S/C11H23NO3S/c1-2-10(9-16(12,13)14)8-15-7-6-11-4-3-5-11/h10-11H,2-9H2,1H3,(H2,12,13,14). The quantitative estimate of drug-likeness (QED) is 0.663. The number of nitrogens with two attached hydrogens (primary N) is 1. The molecule has 5 heteroatoms. The van der Waals surface area contributed by atoms with Crippen molar-refractivity contribution in [2.75, 3.05) is 19.0 Å². The molecule has 0 bridgehead atoms. The van der Waals surface area contributed by atoms with Gasteiger partial charge in [0, 0.05) is 6.61 Å². The van der Waals surface area contributed by atoms with E-state index < -0.39 is 10.0 Å². The Kier molecular flexibility index (Phi) is 5.72. The van der Waals surface area contributed by atoms with E-state index in [4.69, 9.17) is 9.88 Å². The van der Waals surface area contributed by atoms with E-state index in [1.54, 1.807) is 0 Å². The Balaban J connectivity index is 2.08. The number of hydrogen-bond donors (Lipinski definition) is 1. The van der Waals surface area contributed by atoms with E-state index in [0.29, 0.717) is 6.61 Å². The van der Waals surface area contributed by atoms with Crippen molar-refractivity contribution in [1.82, 2.24) is 0 Å². The Morgan fingerprint density at radius 3 is 2.56 bits per heavy atom. The maximum absolute atomic E-state index is 10.9. The second-order valence-electron chi connectivity index (χ2n) is 4.76. The summed E-state index contributed by atoms with van der Waals surface area (Å²) in [5, 5.41) is 5.01. The minimum Gasteiger partial charge on any atom is -0.381 e. The predicted molar refractivity (Wildman–Crippen MR) is 64.5 cm³/mol. The molecule has 96 valence electrons. The summed E-state index contributed by atoms with van der Waals surface area (Å²) in [5.74, 6) is 0.919. The summed E-state index contributed by atoms with van der Waals surface area (Å²) in [7, 11) is -3.36. The van der Waals surface area contributed by atoms with E-state index >= 15 is 0 Å². The summed E-state index contributed by atoms with van der Waals surface area (Å²) >= 11 is 0. The fourth-order valence-corrected chi connectivity index (χ4v) is 2.88. The first-order valence-electron chi connectivity index (χ1n) is 6.09. The van der Waals surface area contributed by atoms with Crippen molar-refractivity contribution in [2.45, 2.75) is 39.0 Å². The van der Waals surface area contributed by atoms with Crippen molar-refractivity contribution in [3.05, 3.63) is 0 Å². The summed E-state index contributed by atoms with van der Waals surface area (Å²) < 4.78 is 27.4. The van der Waals surface area contributed by atoms with Crippen LogP contribution in [-0.2, 0) is 14.8 Å². The molecule has 1 rings (SSSR count). The number of sulfonamides is 1. The van der Waals surface area contributed by atoms with E-state index in [-0.39, 0.29) is 11.7 Å². The first kappa shape index (κ1) is 13.9. The van der Waals surface area contributed by atoms with E-state index in [1.165, 1.54) is 19.3 Å². The zero-order valence-corrected chi connectivity index (χ0v) is 10.8. The Labute approximate surface area is 98.6 Å². The Morgan fingerprint density at radius 2 is 2.12 bits per heavy atom. The summed E-state index contributed by atoms with van der Waals surface area (Å²) in [4.78, 5) is 0. The minimum atomic E-state index is -3.36. The zero-order chi connectivity index (χ0) is 12.0. The molecule has 0 saturated heterocycles. The molecule has 0 aromatic carbocycles. The maximum atomic E-state index is 10.9. The van der Waals surface area contributed by atoms with E-state index in [9.17, 15) is 8.42 Å². The van der Waals surface area contributed by atoms with Crippen molar-refractivity contribution in [3.8, 4) is 0 Å². The van der Waals surface area contributed by atoms with Gasteiger partial charge < -0.3 is 4.74 Å². The van der Waals surface area contributed by atoms with Gasteiger partial charge >= 0.3 is 0 Å². The largest absolute Gasteiger partial charge is 0.381 e. The SMILES string of the molecule is CCC(COCCC1CCC1)CS(N)(=O)=O. The minimum absolute atomic E-state index is 0.0347. The van der Waals surface area contributed by atoms with Crippen LogP contribution in [0, 0.1) is 11.8 Å². The molecule has 0 heterocycles. The van der Waals surface area contributed by atoms with Gasteiger partial charge in [0.25, 0.3) is 0 Å². The van der Waals surface area contributed by atoms with Crippen LogP contribution in [0.4, 0.5) is 0 Å². The molecule has 0 aromatic rings. The molecule has 1 fully saturated rings. The topological polar surface area (TPSA) is 69.4 Å². The van der Waals surface area contributed by atoms with Crippen LogP contribution in [0.1, 0.15) is 39.0 Å². The number of primary sulfonamides is 1. The first-order chi connectivity index (χ1) is 7.51. The first-order valence-corrected chi connectivity index (χ1v) is 7.81. The second kappa shape index (κ2) is 6.57. The van der Waals surface area contributed by atoms with Gasteiger partial charge in [-0.2, -0.15) is 0 Å². The molecule has 0 radical (unpaired) electrons. The smallest absolute Gasteiger partial charge is 0.209 e. The number of ether oxygens (including phenoxy) is 1. The van der Waals surface area contributed by atoms with Crippen LogP contribution in [0.15, 0.2) is 0 Å². The van der Waals surface area contributed by atoms with Gasteiger partial charge in [0.15, 0.2) is 0 Å². The molecule has 0 amide bonds. The molecule has 1 aliphatic carbocycles. The lowest BCUT2D eigenvalue weighted by Gasteiger charge is -2.25. The van der Waals surface area contributed by atoms with Gasteiger partial charge in [-0.3, -0.25) is 0 Å². The average Bonchev–Trinajstić information content (AvgIpc) is 2.10. The van der Waals surface area contributed by atoms with E-state index in [0.717, 1.165) is 25.4 Å². The lowest BCUT2D eigenvalue weighted by atomic mass is 9.83. The fourth-order valence-electron chi connectivity index (χ4n) is 1.89. The van der Waals surface area contributed by atoms with Crippen molar-refractivity contribution in [2.24, 2.45) is 17.0 Å². The van der Waals surface area contributed by atoms with Crippen molar-refractivity contribution in [3.63, 3.8) is 0 Å². The van der Waals surface area contributed by atoms with Gasteiger partial charge in [0.05, 0.1) is 12.4 Å². The highest BCUT2D eigenvalue weighted by Gasteiger charge is 2.18. The van der Waals surface area contributed by atoms with Gasteiger partial charge in [0.1, 0.15) is 0 Å². The molecule has 4 nitrogen and oxygen atoms in total. The monoisotopic (exact) mass is 249 g/mol. The fraction of sp³-hybridized carbons (Fsp3) is 1.00. The van der Waals surface area contributed by atoms with Crippen LogP contribution in [0.5, 0.6) is 0 Å². The number of hydrogen-bond acceptors (Lipinski definition) is 3. The van der Waals surface area contributed by atoms with Gasteiger partial charge in [0.2, 0.25) is 10.0 Å². The third-order valence-electron chi connectivity index (χ3n) is 3.29. The molecule has 16 heavy (non-hydrogen) atoms. The lowest BCUT2D eigenvalue weighted by Crippen LogP contribution is -2.26. The van der Waals surface area contributed by atoms with Gasteiger partial charge in [-0.15, -0.1) is 0 Å². The predicted octanol–water partition coefficient (Wildman–Crippen LogP) is 1.51. The molecular formula is C11H23NO3S. The summed E-state index contributed by atoms with van der Waals surface area (Å²) in [6.45, 7) is 3.23. The lowest BCUT2D eigenvalue weighted by molar-refractivity contribution is 0.0831. The van der Waals surface area contributed by atoms with Gasteiger partial charge in [-0.1, -0.05) is 32.6 Å². The molecule has 1 saturated carbocycles. The molecule has 1 atom stereocenters. The molecule has 2 N–H and O–H groups in total. The molecule has 0 aromatic heterocycles. The number of rotatable bonds is 8. The van der Waals surface area contributed by atoms with Crippen LogP contribution >= 0.6 is 0 Å². The molecular weight excluding hydrogens is 226 g/mol. The van der Waals surface area contributed by atoms with E-state index in [1.807, 2.05) is 6.92 Å². The Morgan fingerprint density at radius 1 is 1.44 bits per heavy atom. The summed E-state index contributed by atoms with van der Waals surface area (Å²) in [6.07, 6.45) is 5.93. The van der Waals surface area contributed by atoms with Crippen LogP contribution in [0.3, 0.4) is 0 Å². The highest BCUT2D eigenvalue weighted by molar-refractivity contribution is 7.89. The normalized spacial score (nSPS) is 19.4. The van der Waals surface area contributed by atoms with Crippen molar-refractivity contribution >= 4 is 10.0 Å². The van der Waals surface area contributed by atoms with Crippen LogP contribution < -0.4 is 5.14 Å². The third-order valence-corrected chi connectivity index (χ3v) is 4.23. The molecule has 1 unspecified atom stereocenters. The Hall–Kier alpha value is -0.130. The average molecular weight is 249 g/mol. The zero-order valence-electron chi connectivity index (χ0n) is 10.0. The Bertz CT molecular complexity index is 286.